The molecule has 0 fully saturated rings. The Bertz CT molecular complexity index is 648. The molecular weight excluding hydrogens is 295 g/mol. The monoisotopic (exact) mass is 314 g/mol. The average Bonchev–Trinajstić information content (AvgIpc) is 2.44. The van der Waals surface area contributed by atoms with Gasteiger partial charge in [-0.2, -0.15) is 17.4 Å². The van der Waals surface area contributed by atoms with Crippen LogP contribution in [0, 0.1) is 17.7 Å². The zero-order valence-electron chi connectivity index (χ0n) is 12.2. The van der Waals surface area contributed by atoms with E-state index < -0.39 is 16.0 Å². The Balaban J connectivity index is 2.89. The van der Waals surface area contributed by atoms with Crippen molar-refractivity contribution in [2.24, 2.45) is 0 Å². The summed E-state index contributed by atoms with van der Waals surface area (Å²) in [5.74, 6) is 4.58. The minimum atomic E-state index is -3.66. The summed E-state index contributed by atoms with van der Waals surface area (Å²) in [6.07, 6.45) is 0. The number of aliphatic hydroxyl groups is 1. The van der Waals surface area contributed by atoms with E-state index in [1.54, 1.807) is 13.8 Å². The van der Waals surface area contributed by atoms with Crippen molar-refractivity contribution in [3.8, 4) is 11.8 Å². The van der Waals surface area contributed by atoms with Crippen LogP contribution in [0.5, 0.6) is 0 Å². The van der Waals surface area contributed by atoms with E-state index in [-0.39, 0.29) is 24.8 Å². The van der Waals surface area contributed by atoms with E-state index >= 15 is 0 Å². The molecule has 0 aliphatic rings. The van der Waals surface area contributed by atoms with Gasteiger partial charge in [-0.15, -0.1) is 0 Å². The van der Waals surface area contributed by atoms with Gasteiger partial charge in [0.25, 0.3) is 10.2 Å². The van der Waals surface area contributed by atoms with Gasteiger partial charge in [0.1, 0.15) is 12.4 Å². The fourth-order valence-electron chi connectivity index (χ4n) is 1.48. The van der Waals surface area contributed by atoms with Crippen molar-refractivity contribution in [3.05, 3.63) is 35.1 Å². The first-order valence-corrected chi connectivity index (χ1v) is 7.82. The first-order valence-electron chi connectivity index (χ1n) is 6.38. The Morgan fingerprint density at radius 1 is 1.43 bits per heavy atom. The van der Waals surface area contributed by atoms with Crippen LogP contribution in [0.4, 0.5) is 4.39 Å². The zero-order chi connectivity index (χ0) is 16.0. The fraction of sp³-hybridized carbons (Fsp3) is 0.429. The second-order valence-electron chi connectivity index (χ2n) is 4.70. The van der Waals surface area contributed by atoms with Gasteiger partial charge in [-0.05, 0) is 32.0 Å². The fourth-order valence-corrected chi connectivity index (χ4v) is 2.57. The summed E-state index contributed by atoms with van der Waals surface area (Å²) in [6, 6.07) is 3.94. The molecule has 7 heteroatoms. The van der Waals surface area contributed by atoms with Gasteiger partial charge in [0, 0.05) is 30.8 Å². The molecule has 0 aliphatic heterocycles. The molecule has 0 amide bonds. The maximum atomic E-state index is 13.7. The van der Waals surface area contributed by atoms with Crippen LogP contribution in [-0.4, -0.2) is 37.5 Å². The van der Waals surface area contributed by atoms with Crippen LogP contribution in [0.2, 0.25) is 0 Å². The Hall–Kier alpha value is -1.46. The molecular formula is C14H19FN2O3S. The molecule has 0 heterocycles. The van der Waals surface area contributed by atoms with E-state index in [2.05, 4.69) is 16.6 Å². The minimum Gasteiger partial charge on any atom is -0.384 e. The lowest BCUT2D eigenvalue weighted by molar-refractivity contribution is 0.350. The molecule has 21 heavy (non-hydrogen) atoms. The molecule has 0 radical (unpaired) electrons. The summed E-state index contributed by atoms with van der Waals surface area (Å²) in [4.78, 5) is 0. The Morgan fingerprint density at radius 3 is 2.67 bits per heavy atom. The molecule has 0 saturated carbocycles. The van der Waals surface area contributed by atoms with Crippen LogP contribution < -0.4 is 4.72 Å². The van der Waals surface area contributed by atoms with Crippen LogP contribution >= 0.6 is 0 Å². The molecule has 0 unspecified atom stereocenters. The van der Waals surface area contributed by atoms with Gasteiger partial charge in [0.15, 0.2) is 0 Å². The van der Waals surface area contributed by atoms with Crippen molar-refractivity contribution < 1.29 is 17.9 Å². The largest absolute Gasteiger partial charge is 0.384 e. The Kier molecular flexibility index (Phi) is 6.30. The molecule has 0 spiro atoms. The lowest BCUT2D eigenvalue weighted by atomic mass is 10.1. The van der Waals surface area contributed by atoms with Crippen molar-refractivity contribution in [1.29, 1.82) is 0 Å². The van der Waals surface area contributed by atoms with E-state index in [4.69, 9.17) is 5.11 Å². The maximum absolute atomic E-state index is 13.7. The summed E-state index contributed by atoms with van der Waals surface area (Å²) >= 11 is 0. The molecule has 1 aromatic rings. The van der Waals surface area contributed by atoms with E-state index in [9.17, 15) is 12.8 Å². The summed E-state index contributed by atoms with van der Waals surface area (Å²) in [7, 11) is -2.21. The van der Waals surface area contributed by atoms with Gasteiger partial charge in [-0.3, -0.25) is 0 Å². The van der Waals surface area contributed by atoms with Crippen molar-refractivity contribution in [2.45, 2.75) is 26.4 Å². The molecule has 0 atom stereocenters. The number of halogens is 1. The molecule has 5 nitrogen and oxygen atoms in total. The third kappa shape index (κ3) is 5.10. The summed E-state index contributed by atoms with van der Waals surface area (Å²) in [5, 5.41) is 8.63. The number of nitrogens with zero attached hydrogens (tertiary/aromatic N) is 1. The lowest BCUT2D eigenvalue weighted by Crippen LogP contribution is -2.41. The summed E-state index contributed by atoms with van der Waals surface area (Å²) in [6.45, 7) is 3.02. The average molecular weight is 314 g/mol. The molecule has 0 aromatic heterocycles. The number of rotatable bonds is 5. The number of hydrogen-bond donors (Lipinski definition) is 2. The molecule has 0 bridgehead atoms. The summed E-state index contributed by atoms with van der Waals surface area (Å²) < 4.78 is 41.1. The highest BCUT2D eigenvalue weighted by Crippen LogP contribution is 2.11. The van der Waals surface area contributed by atoms with Crippen molar-refractivity contribution in [3.63, 3.8) is 0 Å². The smallest absolute Gasteiger partial charge is 0.279 e. The third-order valence-corrected chi connectivity index (χ3v) is 4.60. The number of hydrogen-bond acceptors (Lipinski definition) is 3. The molecule has 0 aliphatic carbocycles. The van der Waals surface area contributed by atoms with Crippen LogP contribution in [0.1, 0.15) is 25.0 Å². The zero-order valence-corrected chi connectivity index (χ0v) is 13.0. The molecule has 2 N–H and O–H groups in total. The maximum Gasteiger partial charge on any atom is 0.279 e. The van der Waals surface area contributed by atoms with Gasteiger partial charge >= 0.3 is 0 Å². The highest BCUT2D eigenvalue weighted by Gasteiger charge is 2.20. The lowest BCUT2D eigenvalue weighted by Gasteiger charge is -2.21. The van der Waals surface area contributed by atoms with Gasteiger partial charge < -0.3 is 5.11 Å². The first-order chi connectivity index (χ1) is 9.77. The Labute approximate surface area is 125 Å². The van der Waals surface area contributed by atoms with E-state index in [0.717, 1.165) is 0 Å². The van der Waals surface area contributed by atoms with Gasteiger partial charge in [0.2, 0.25) is 0 Å². The molecule has 1 aromatic carbocycles. The second kappa shape index (κ2) is 7.52. The van der Waals surface area contributed by atoms with Crippen molar-refractivity contribution in [2.75, 3.05) is 13.7 Å². The highest BCUT2D eigenvalue weighted by molar-refractivity contribution is 7.87. The standard InChI is InChI=1S/C14H19FN2O3S/c1-11(2)17(3)21(19,20)16-10-13-9-12(5-4-8-18)6-7-14(13)15/h6-7,9,11,16,18H,8,10H2,1-3H3. The van der Waals surface area contributed by atoms with E-state index in [0.29, 0.717) is 5.56 Å². The highest BCUT2D eigenvalue weighted by atomic mass is 32.2. The normalized spacial score (nSPS) is 11.6. The van der Waals surface area contributed by atoms with Gasteiger partial charge in [-0.25, -0.2) is 4.39 Å². The molecule has 0 saturated heterocycles. The predicted octanol–water partition coefficient (Wildman–Crippen LogP) is 0.844. The van der Waals surface area contributed by atoms with E-state index in [1.165, 1.54) is 29.6 Å². The first kappa shape index (κ1) is 17.6. The van der Waals surface area contributed by atoms with Crippen LogP contribution in [0.15, 0.2) is 18.2 Å². The second-order valence-corrected chi connectivity index (χ2v) is 6.52. The van der Waals surface area contributed by atoms with Gasteiger partial charge in [0.05, 0.1) is 0 Å². The van der Waals surface area contributed by atoms with Crippen LogP contribution in [0.3, 0.4) is 0 Å². The van der Waals surface area contributed by atoms with Crippen LogP contribution in [0.25, 0.3) is 0 Å². The summed E-state index contributed by atoms with van der Waals surface area (Å²) in [5.41, 5.74) is 0.706. The predicted molar refractivity (Wildman–Crippen MR) is 79.0 cm³/mol. The number of nitrogens with one attached hydrogen (secondary N) is 1. The topological polar surface area (TPSA) is 69.6 Å². The Morgan fingerprint density at radius 2 is 2.10 bits per heavy atom. The van der Waals surface area contributed by atoms with Crippen molar-refractivity contribution >= 4 is 10.2 Å². The molecule has 1 rings (SSSR count). The van der Waals surface area contributed by atoms with Crippen LogP contribution in [-0.2, 0) is 16.8 Å². The third-order valence-electron chi connectivity index (χ3n) is 2.91. The quantitative estimate of drug-likeness (QED) is 0.792. The van der Waals surface area contributed by atoms with Gasteiger partial charge in [-0.1, -0.05) is 11.8 Å². The number of aliphatic hydroxyl groups excluding tert-OH is 1. The van der Waals surface area contributed by atoms with E-state index in [1.807, 2.05) is 0 Å². The number of benzene rings is 1. The SMILES string of the molecule is CC(C)N(C)S(=O)(=O)NCc1cc(C#CCO)ccc1F. The van der Waals surface area contributed by atoms with Crippen molar-refractivity contribution in [1.82, 2.24) is 9.03 Å². The molecule has 116 valence electrons. The minimum absolute atomic E-state index is 0.167.